The quantitative estimate of drug-likeness (QED) is 0.661. The van der Waals surface area contributed by atoms with E-state index in [-0.39, 0.29) is 6.42 Å². The summed E-state index contributed by atoms with van der Waals surface area (Å²) in [7, 11) is 1.53. The van der Waals surface area contributed by atoms with Gasteiger partial charge in [0.25, 0.3) is 0 Å². The van der Waals surface area contributed by atoms with Crippen molar-refractivity contribution in [3.8, 4) is 11.5 Å². The lowest BCUT2D eigenvalue weighted by Crippen LogP contribution is -2.38. The summed E-state index contributed by atoms with van der Waals surface area (Å²) in [6, 6.07) is 3.96. The summed E-state index contributed by atoms with van der Waals surface area (Å²) in [6.07, 6.45) is -0.208. The number of hydrogen-bond acceptors (Lipinski definition) is 5. The Morgan fingerprint density at radius 3 is 2.60 bits per heavy atom. The number of rotatable bonds is 7. The molecule has 0 fully saturated rings. The summed E-state index contributed by atoms with van der Waals surface area (Å²) >= 11 is 0. The first-order valence-electron chi connectivity index (χ1n) is 6.13. The summed E-state index contributed by atoms with van der Waals surface area (Å²) in [6.45, 7) is 2.31. The van der Waals surface area contributed by atoms with E-state index in [1.165, 1.54) is 7.11 Å². The van der Waals surface area contributed by atoms with Crippen LogP contribution in [0, 0.1) is 0 Å². The van der Waals surface area contributed by atoms with Crippen molar-refractivity contribution in [2.45, 2.75) is 19.4 Å². The smallest absolute Gasteiger partial charge is 0.241 e. The number of nitrogens with two attached hydrogens (primary N) is 2. The van der Waals surface area contributed by atoms with Crippen molar-refractivity contribution in [3.05, 3.63) is 18.2 Å². The second-order valence-corrected chi connectivity index (χ2v) is 4.06. The minimum absolute atomic E-state index is 0.208. The first kappa shape index (κ1) is 15.8. The number of amides is 2. The molecule has 0 saturated carbocycles. The van der Waals surface area contributed by atoms with Crippen molar-refractivity contribution in [1.29, 1.82) is 0 Å². The van der Waals surface area contributed by atoms with Gasteiger partial charge in [0.15, 0.2) is 11.5 Å². The number of carbonyl (C=O) groups excluding carboxylic acids is 2. The fourth-order valence-corrected chi connectivity index (χ4v) is 1.57. The van der Waals surface area contributed by atoms with E-state index in [0.29, 0.717) is 23.8 Å². The molecule has 0 aliphatic rings. The molecule has 1 rings (SSSR count). The molecule has 20 heavy (non-hydrogen) atoms. The van der Waals surface area contributed by atoms with Gasteiger partial charge in [0.1, 0.15) is 0 Å². The highest BCUT2D eigenvalue weighted by atomic mass is 16.5. The SMILES string of the molecule is CCOc1cc(NC(=O)C(N)CC(N)=O)ccc1OC. The maximum absolute atomic E-state index is 11.8. The summed E-state index contributed by atoms with van der Waals surface area (Å²) in [4.78, 5) is 22.5. The fourth-order valence-electron chi connectivity index (χ4n) is 1.57. The minimum Gasteiger partial charge on any atom is -0.493 e. The van der Waals surface area contributed by atoms with Crippen LogP contribution in [0.3, 0.4) is 0 Å². The lowest BCUT2D eigenvalue weighted by atomic mass is 10.2. The zero-order valence-corrected chi connectivity index (χ0v) is 11.5. The average molecular weight is 281 g/mol. The maximum Gasteiger partial charge on any atom is 0.241 e. The maximum atomic E-state index is 11.8. The van der Waals surface area contributed by atoms with Crippen molar-refractivity contribution < 1.29 is 19.1 Å². The highest BCUT2D eigenvalue weighted by Crippen LogP contribution is 2.30. The Morgan fingerprint density at radius 2 is 2.05 bits per heavy atom. The van der Waals surface area contributed by atoms with Gasteiger partial charge in [-0.3, -0.25) is 9.59 Å². The number of anilines is 1. The molecule has 1 aromatic rings. The fraction of sp³-hybridized carbons (Fsp3) is 0.385. The zero-order chi connectivity index (χ0) is 15.1. The predicted molar refractivity (Wildman–Crippen MR) is 74.6 cm³/mol. The summed E-state index contributed by atoms with van der Waals surface area (Å²) < 4.78 is 10.5. The monoisotopic (exact) mass is 281 g/mol. The zero-order valence-electron chi connectivity index (χ0n) is 11.5. The number of nitrogens with one attached hydrogen (secondary N) is 1. The van der Waals surface area contributed by atoms with Crippen LogP contribution in [-0.2, 0) is 9.59 Å². The number of ether oxygens (including phenoxy) is 2. The molecule has 7 nitrogen and oxygen atoms in total. The molecule has 0 bridgehead atoms. The standard InChI is InChI=1S/C13H19N3O4/c1-3-20-11-6-8(4-5-10(11)19-2)16-13(18)9(14)7-12(15)17/h4-6,9H,3,7,14H2,1-2H3,(H2,15,17)(H,16,18). The molecule has 0 radical (unpaired) electrons. The molecular formula is C13H19N3O4. The van der Waals surface area contributed by atoms with Gasteiger partial charge in [0, 0.05) is 11.8 Å². The van der Waals surface area contributed by atoms with Crippen molar-refractivity contribution in [2.24, 2.45) is 11.5 Å². The molecule has 0 saturated heterocycles. The first-order chi connectivity index (χ1) is 9.47. The van der Waals surface area contributed by atoms with E-state index >= 15 is 0 Å². The van der Waals surface area contributed by atoms with Crippen LogP contribution >= 0.6 is 0 Å². The predicted octanol–water partition coefficient (Wildman–Crippen LogP) is 0.235. The molecule has 110 valence electrons. The molecule has 1 atom stereocenters. The molecule has 1 unspecified atom stereocenters. The van der Waals surface area contributed by atoms with Gasteiger partial charge in [-0.1, -0.05) is 0 Å². The molecule has 0 heterocycles. The van der Waals surface area contributed by atoms with Gasteiger partial charge in [-0.05, 0) is 19.1 Å². The molecule has 0 aliphatic heterocycles. The third-order valence-corrected chi connectivity index (χ3v) is 2.49. The van der Waals surface area contributed by atoms with Crippen molar-refractivity contribution in [2.75, 3.05) is 19.0 Å². The van der Waals surface area contributed by atoms with E-state index in [0.717, 1.165) is 0 Å². The molecule has 0 spiro atoms. The van der Waals surface area contributed by atoms with Gasteiger partial charge >= 0.3 is 0 Å². The second kappa shape index (κ2) is 7.34. The van der Waals surface area contributed by atoms with Crippen LogP contribution in [0.25, 0.3) is 0 Å². The van der Waals surface area contributed by atoms with Crippen LogP contribution in [0.4, 0.5) is 5.69 Å². The van der Waals surface area contributed by atoms with Crippen molar-refractivity contribution >= 4 is 17.5 Å². The van der Waals surface area contributed by atoms with E-state index < -0.39 is 17.9 Å². The van der Waals surface area contributed by atoms with Gasteiger partial charge in [0.05, 0.1) is 26.2 Å². The largest absolute Gasteiger partial charge is 0.493 e. The van der Waals surface area contributed by atoms with Crippen LogP contribution in [0.1, 0.15) is 13.3 Å². The second-order valence-electron chi connectivity index (χ2n) is 4.06. The van der Waals surface area contributed by atoms with Gasteiger partial charge < -0.3 is 26.3 Å². The molecule has 0 aliphatic carbocycles. The Balaban J connectivity index is 2.79. The Hall–Kier alpha value is -2.28. The van der Waals surface area contributed by atoms with Gasteiger partial charge in [0.2, 0.25) is 11.8 Å². The molecule has 0 aromatic heterocycles. The van der Waals surface area contributed by atoms with Gasteiger partial charge in [-0.15, -0.1) is 0 Å². The number of carbonyl (C=O) groups is 2. The van der Waals surface area contributed by atoms with E-state index in [1.807, 2.05) is 6.92 Å². The van der Waals surface area contributed by atoms with Crippen LogP contribution in [0.2, 0.25) is 0 Å². The molecule has 5 N–H and O–H groups in total. The van der Waals surface area contributed by atoms with Crippen LogP contribution in [-0.4, -0.2) is 31.6 Å². The van der Waals surface area contributed by atoms with Crippen LogP contribution < -0.4 is 26.3 Å². The average Bonchev–Trinajstić information content (AvgIpc) is 2.38. The normalized spacial score (nSPS) is 11.6. The van der Waals surface area contributed by atoms with Crippen molar-refractivity contribution in [3.63, 3.8) is 0 Å². The van der Waals surface area contributed by atoms with E-state index in [9.17, 15) is 9.59 Å². The topological polar surface area (TPSA) is 117 Å². The third kappa shape index (κ3) is 4.43. The molecular weight excluding hydrogens is 262 g/mol. The van der Waals surface area contributed by atoms with E-state index in [2.05, 4.69) is 5.32 Å². The lowest BCUT2D eigenvalue weighted by molar-refractivity contribution is -0.123. The summed E-state index contributed by atoms with van der Waals surface area (Å²) in [5, 5.41) is 2.59. The number of hydrogen-bond donors (Lipinski definition) is 3. The van der Waals surface area contributed by atoms with Crippen LogP contribution in [0.15, 0.2) is 18.2 Å². The first-order valence-corrected chi connectivity index (χ1v) is 6.13. The summed E-state index contributed by atoms with van der Waals surface area (Å²) in [5.74, 6) is -0.0450. The molecule has 7 heteroatoms. The summed E-state index contributed by atoms with van der Waals surface area (Å²) in [5.41, 5.74) is 11.0. The van der Waals surface area contributed by atoms with Gasteiger partial charge in [-0.2, -0.15) is 0 Å². The van der Waals surface area contributed by atoms with E-state index in [1.54, 1.807) is 18.2 Å². The Morgan fingerprint density at radius 1 is 1.35 bits per heavy atom. The highest BCUT2D eigenvalue weighted by molar-refractivity contribution is 5.97. The molecule has 1 aromatic carbocycles. The van der Waals surface area contributed by atoms with Crippen molar-refractivity contribution in [1.82, 2.24) is 0 Å². The Bertz CT molecular complexity index is 491. The number of primary amides is 1. The Labute approximate surface area is 117 Å². The number of methoxy groups -OCH3 is 1. The van der Waals surface area contributed by atoms with Gasteiger partial charge in [-0.25, -0.2) is 0 Å². The lowest BCUT2D eigenvalue weighted by Gasteiger charge is -2.13. The molecule has 2 amide bonds. The number of benzene rings is 1. The highest BCUT2D eigenvalue weighted by Gasteiger charge is 2.16. The minimum atomic E-state index is -0.981. The Kier molecular flexibility index (Phi) is 5.79. The third-order valence-electron chi connectivity index (χ3n) is 2.49. The van der Waals surface area contributed by atoms with E-state index in [4.69, 9.17) is 20.9 Å². The van der Waals surface area contributed by atoms with Crippen LogP contribution in [0.5, 0.6) is 11.5 Å².